The molecule has 0 fully saturated rings. The summed E-state index contributed by atoms with van der Waals surface area (Å²) in [6.07, 6.45) is 0.878. The number of nitro groups is 1. The largest absolute Gasteiger partial charge is 0.477 e. The molecule has 0 bridgehead atoms. The molecule has 1 N–H and O–H groups in total. The van der Waals surface area contributed by atoms with Gasteiger partial charge in [-0.05, 0) is 6.07 Å². The number of aromatic carboxylic acids is 1. The van der Waals surface area contributed by atoms with Crippen molar-refractivity contribution >= 4 is 11.7 Å². The summed E-state index contributed by atoms with van der Waals surface area (Å²) in [4.78, 5) is 24.5. The van der Waals surface area contributed by atoms with E-state index in [1.807, 2.05) is 0 Å². The van der Waals surface area contributed by atoms with Gasteiger partial charge < -0.3 is 9.84 Å². The zero-order valence-electron chi connectivity index (χ0n) is 10.5. The van der Waals surface area contributed by atoms with E-state index in [1.54, 1.807) is 6.07 Å². The van der Waals surface area contributed by atoms with Crippen molar-refractivity contribution in [2.24, 2.45) is 0 Å². The van der Waals surface area contributed by atoms with Crippen LogP contribution in [0, 0.1) is 15.9 Å². The highest BCUT2D eigenvalue weighted by molar-refractivity contribution is 5.90. The van der Waals surface area contributed by atoms with Gasteiger partial charge in [-0.15, -0.1) is 0 Å². The third-order valence-corrected chi connectivity index (χ3v) is 2.60. The van der Waals surface area contributed by atoms with Gasteiger partial charge in [0, 0.05) is 11.6 Å². The molecule has 1 aromatic heterocycles. The van der Waals surface area contributed by atoms with Gasteiger partial charge in [0.15, 0.2) is 0 Å². The van der Waals surface area contributed by atoms with Crippen molar-refractivity contribution in [3.05, 3.63) is 63.6 Å². The summed E-state index contributed by atoms with van der Waals surface area (Å²) < 4.78 is 18.6. The fourth-order valence-corrected chi connectivity index (χ4v) is 1.57. The fraction of sp³-hybridized carbons (Fsp3) is 0.0769. The van der Waals surface area contributed by atoms with Crippen molar-refractivity contribution in [2.75, 3.05) is 0 Å². The molecule has 0 radical (unpaired) electrons. The molecule has 21 heavy (non-hydrogen) atoms. The summed E-state index contributed by atoms with van der Waals surface area (Å²) in [7, 11) is 0. The maximum atomic E-state index is 13.4. The molecule has 0 aliphatic heterocycles. The Kier molecular flexibility index (Phi) is 4.07. The molecule has 8 heteroatoms. The van der Waals surface area contributed by atoms with Crippen molar-refractivity contribution in [3.63, 3.8) is 0 Å². The lowest BCUT2D eigenvalue weighted by molar-refractivity contribution is -0.385. The summed E-state index contributed by atoms with van der Waals surface area (Å²) in [5, 5.41) is 19.6. The van der Waals surface area contributed by atoms with Gasteiger partial charge in [0.1, 0.15) is 24.2 Å². The number of aromatic nitrogens is 1. The minimum absolute atomic E-state index is 0.217. The fourth-order valence-electron chi connectivity index (χ4n) is 1.57. The maximum absolute atomic E-state index is 13.4. The van der Waals surface area contributed by atoms with Crippen molar-refractivity contribution < 1.29 is 24.0 Å². The van der Waals surface area contributed by atoms with Crippen LogP contribution < -0.4 is 4.74 Å². The number of carboxylic acids is 1. The Balaban J connectivity index is 2.26. The van der Waals surface area contributed by atoms with E-state index < -0.39 is 28.0 Å². The molecule has 0 saturated heterocycles. The Labute approximate surface area is 117 Å². The Bertz CT molecular complexity index is 705. The van der Waals surface area contributed by atoms with Crippen molar-refractivity contribution in [2.45, 2.75) is 6.61 Å². The SMILES string of the molecule is O=C(O)c1cc([N+](=O)[O-])cnc1OCc1ccccc1F. The predicted molar refractivity (Wildman–Crippen MR) is 68.6 cm³/mol. The van der Waals surface area contributed by atoms with Crippen LogP contribution in [0.3, 0.4) is 0 Å². The third kappa shape index (κ3) is 3.30. The predicted octanol–water partition coefficient (Wildman–Crippen LogP) is 2.41. The van der Waals surface area contributed by atoms with Crippen LogP contribution in [-0.2, 0) is 6.61 Å². The summed E-state index contributed by atoms with van der Waals surface area (Å²) in [5.74, 6) is -2.23. The number of ether oxygens (including phenoxy) is 1. The molecule has 0 unspecified atom stereocenters. The lowest BCUT2D eigenvalue weighted by Gasteiger charge is -2.08. The van der Waals surface area contributed by atoms with E-state index in [9.17, 15) is 19.3 Å². The van der Waals surface area contributed by atoms with E-state index in [0.717, 1.165) is 12.3 Å². The van der Waals surface area contributed by atoms with Crippen LogP contribution >= 0.6 is 0 Å². The molecule has 0 aliphatic rings. The average Bonchev–Trinajstić information content (AvgIpc) is 2.46. The normalized spacial score (nSPS) is 10.1. The molecule has 0 saturated carbocycles. The number of pyridine rings is 1. The number of hydrogen-bond acceptors (Lipinski definition) is 5. The summed E-state index contributed by atoms with van der Waals surface area (Å²) in [6, 6.07) is 6.65. The van der Waals surface area contributed by atoms with Gasteiger partial charge in [-0.2, -0.15) is 0 Å². The molecule has 2 aromatic rings. The molecular weight excluding hydrogens is 283 g/mol. The molecule has 0 aliphatic carbocycles. The summed E-state index contributed by atoms with van der Waals surface area (Å²) in [6.45, 7) is -0.238. The monoisotopic (exact) mass is 292 g/mol. The molecule has 0 spiro atoms. The molecule has 108 valence electrons. The van der Waals surface area contributed by atoms with E-state index in [4.69, 9.17) is 9.84 Å². The Morgan fingerprint density at radius 3 is 2.76 bits per heavy atom. The molecule has 0 amide bonds. The summed E-state index contributed by atoms with van der Waals surface area (Å²) >= 11 is 0. The van der Waals surface area contributed by atoms with Gasteiger partial charge >= 0.3 is 5.97 Å². The number of nitrogens with zero attached hydrogens (tertiary/aromatic N) is 2. The number of rotatable bonds is 5. The number of carboxylic acid groups (broad SMARTS) is 1. The van der Waals surface area contributed by atoms with Gasteiger partial charge in [-0.3, -0.25) is 10.1 Å². The number of carbonyl (C=O) groups is 1. The van der Waals surface area contributed by atoms with Gasteiger partial charge in [0.25, 0.3) is 5.69 Å². The maximum Gasteiger partial charge on any atom is 0.341 e. The van der Waals surface area contributed by atoms with Crippen LogP contribution in [0.1, 0.15) is 15.9 Å². The standard InChI is InChI=1S/C13H9FN2O5/c14-11-4-2-1-3-8(11)7-21-12-10(13(17)18)5-9(6-15-12)16(19)20/h1-6H,7H2,(H,17,18). The first-order valence-corrected chi connectivity index (χ1v) is 5.73. The van der Waals surface area contributed by atoms with E-state index in [0.29, 0.717) is 0 Å². The smallest absolute Gasteiger partial charge is 0.341 e. The van der Waals surface area contributed by atoms with Crippen molar-refractivity contribution in [1.82, 2.24) is 4.98 Å². The van der Waals surface area contributed by atoms with E-state index in [-0.39, 0.29) is 18.1 Å². The van der Waals surface area contributed by atoms with E-state index >= 15 is 0 Å². The van der Waals surface area contributed by atoms with Crippen LogP contribution in [0.4, 0.5) is 10.1 Å². The van der Waals surface area contributed by atoms with Crippen LogP contribution in [0.15, 0.2) is 36.5 Å². The van der Waals surface area contributed by atoms with Crippen LogP contribution in [0.5, 0.6) is 5.88 Å². The Morgan fingerprint density at radius 2 is 2.14 bits per heavy atom. The highest BCUT2D eigenvalue weighted by Crippen LogP contribution is 2.22. The quantitative estimate of drug-likeness (QED) is 0.670. The van der Waals surface area contributed by atoms with Crippen LogP contribution in [-0.4, -0.2) is 21.0 Å². The molecule has 7 nitrogen and oxygen atoms in total. The molecule has 1 heterocycles. The second-order valence-electron chi connectivity index (χ2n) is 3.99. The van der Waals surface area contributed by atoms with Gasteiger partial charge in [-0.1, -0.05) is 18.2 Å². The first kappa shape index (κ1) is 14.4. The molecular formula is C13H9FN2O5. The average molecular weight is 292 g/mol. The molecule has 2 rings (SSSR count). The minimum Gasteiger partial charge on any atom is -0.477 e. The van der Waals surface area contributed by atoms with E-state index in [2.05, 4.69) is 4.98 Å². The highest BCUT2D eigenvalue weighted by atomic mass is 19.1. The topological polar surface area (TPSA) is 103 Å². The highest BCUT2D eigenvalue weighted by Gasteiger charge is 2.19. The van der Waals surface area contributed by atoms with Crippen LogP contribution in [0.25, 0.3) is 0 Å². The lowest BCUT2D eigenvalue weighted by Crippen LogP contribution is -2.07. The van der Waals surface area contributed by atoms with Gasteiger partial charge in [-0.25, -0.2) is 14.2 Å². The zero-order chi connectivity index (χ0) is 15.4. The Morgan fingerprint density at radius 1 is 1.43 bits per heavy atom. The zero-order valence-corrected chi connectivity index (χ0v) is 10.5. The first-order chi connectivity index (χ1) is 9.99. The molecule has 0 atom stereocenters. The van der Waals surface area contributed by atoms with E-state index in [1.165, 1.54) is 18.2 Å². The minimum atomic E-state index is -1.42. The lowest BCUT2D eigenvalue weighted by atomic mass is 10.2. The van der Waals surface area contributed by atoms with Crippen molar-refractivity contribution in [1.29, 1.82) is 0 Å². The van der Waals surface area contributed by atoms with Gasteiger partial charge in [0.05, 0.1) is 4.92 Å². The number of benzene rings is 1. The Hall–Kier alpha value is -3.03. The first-order valence-electron chi connectivity index (χ1n) is 5.73. The third-order valence-electron chi connectivity index (χ3n) is 2.60. The summed E-state index contributed by atoms with van der Waals surface area (Å²) in [5.41, 5.74) is -0.708. The van der Waals surface area contributed by atoms with Gasteiger partial charge in [0.2, 0.25) is 5.88 Å². The number of hydrogen-bond donors (Lipinski definition) is 1. The second kappa shape index (κ2) is 5.95. The number of halogens is 1. The molecule has 1 aromatic carbocycles. The van der Waals surface area contributed by atoms with Crippen LogP contribution in [0.2, 0.25) is 0 Å². The van der Waals surface area contributed by atoms with Crippen molar-refractivity contribution in [3.8, 4) is 5.88 Å². The second-order valence-corrected chi connectivity index (χ2v) is 3.99.